The second-order valence-electron chi connectivity index (χ2n) is 5.89. The zero-order valence-corrected chi connectivity index (χ0v) is 13.4. The highest BCUT2D eigenvalue weighted by atomic mass is 16.5. The maximum atomic E-state index is 12.0. The van der Waals surface area contributed by atoms with Gasteiger partial charge >= 0.3 is 12.0 Å². The number of carboxylic acids is 1. The number of aliphatic carboxylic acids is 1. The summed E-state index contributed by atoms with van der Waals surface area (Å²) in [5, 5.41) is 12.0. The summed E-state index contributed by atoms with van der Waals surface area (Å²) >= 11 is 0. The van der Waals surface area contributed by atoms with Crippen molar-refractivity contribution in [1.82, 2.24) is 10.2 Å². The van der Waals surface area contributed by atoms with E-state index in [1.54, 1.807) is 7.05 Å². The van der Waals surface area contributed by atoms with E-state index in [0.29, 0.717) is 26.0 Å². The molecule has 1 aliphatic rings. The molecule has 0 aromatic carbocycles. The minimum atomic E-state index is -0.876. The topological polar surface area (TPSA) is 78.9 Å². The van der Waals surface area contributed by atoms with E-state index in [0.717, 1.165) is 12.5 Å². The molecule has 6 nitrogen and oxygen atoms in total. The second kappa shape index (κ2) is 8.22. The highest BCUT2D eigenvalue weighted by Gasteiger charge is 2.35. The Morgan fingerprint density at radius 2 is 1.95 bits per heavy atom. The molecule has 0 spiro atoms. The average Bonchev–Trinajstić information content (AvgIpc) is 3.28. The minimum absolute atomic E-state index is 0.154. The van der Waals surface area contributed by atoms with Crippen molar-refractivity contribution in [3.8, 4) is 0 Å². The first-order valence-electron chi connectivity index (χ1n) is 7.75. The summed E-state index contributed by atoms with van der Waals surface area (Å²) in [5.41, 5.74) is -0.876. The third-order valence-corrected chi connectivity index (χ3v) is 4.35. The molecule has 0 aromatic heterocycles. The molecule has 0 saturated heterocycles. The molecule has 0 heterocycles. The van der Waals surface area contributed by atoms with Crippen LogP contribution < -0.4 is 5.32 Å². The molecule has 6 heteroatoms. The van der Waals surface area contributed by atoms with Gasteiger partial charge in [0.15, 0.2) is 0 Å². The van der Waals surface area contributed by atoms with Crippen molar-refractivity contribution >= 4 is 12.0 Å². The molecule has 2 amide bonds. The predicted molar refractivity (Wildman–Crippen MR) is 80.2 cm³/mol. The van der Waals surface area contributed by atoms with E-state index in [2.05, 4.69) is 5.32 Å². The van der Waals surface area contributed by atoms with Gasteiger partial charge in [-0.1, -0.05) is 13.8 Å². The fourth-order valence-electron chi connectivity index (χ4n) is 2.10. The van der Waals surface area contributed by atoms with Crippen molar-refractivity contribution in [2.24, 2.45) is 11.3 Å². The number of nitrogens with one attached hydrogen (secondary N) is 1. The first kappa shape index (κ1) is 17.8. The van der Waals surface area contributed by atoms with E-state index < -0.39 is 11.4 Å². The zero-order valence-electron chi connectivity index (χ0n) is 13.4. The number of likely N-dealkylation sites (N-methyl/N-ethyl adjacent to an activating group) is 1. The van der Waals surface area contributed by atoms with Crippen LogP contribution in [-0.2, 0) is 9.53 Å². The number of carbonyl (C=O) groups is 2. The van der Waals surface area contributed by atoms with Crippen LogP contribution in [0.3, 0.4) is 0 Å². The van der Waals surface area contributed by atoms with Gasteiger partial charge in [-0.3, -0.25) is 4.79 Å². The number of rotatable bonds is 10. The molecular weight excluding hydrogens is 272 g/mol. The smallest absolute Gasteiger partial charge is 0.317 e. The van der Waals surface area contributed by atoms with Gasteiger partial charge in [0.1, 0.15) is 0 Å². The molecule has 0 atom stereocenters. The van der Waals surface area contributed by atoms with Gasteiger partial charge in [0, 0.05) is 26.7 Å². The first-order chi connectivity index (χ1) is 9.95. The minimum Gasteiger partial charge on any atom is -0.481 e. The maximum Gasteiger partial charge on any atom is 0.317 e. The highest BCUT2D eigenvalue weighted by Crippen LogP contribution is 2.28. The molecule has 2 N–H and O–H groups in total. The lowest BCUT2D eigenvalue weighted by Crippen LogP contribution is -2.46. The summed E-state index contributed by atoms with van der Waals surface area (Å²) in [6, 6.07) is -0.252. The first-order valence-corrected chi connectivity index (χ1v) is 7.75. The molecule has 1 fully saturated rings. The van der Waals surface area contributed by atoms with Gasteiger partial charge < -0.3 is 20.1 Å². The Balaban J connectivity index is 2.27. The summed E-state index contributed by atoms with van der Waals surface area (Å²) in [4.78, 5) is 24.8. The normalized spacial score (nSPS) is 14.8. The molecule has 0 unspecified atom stereocenters. The van der Waals surface area contributed by atoms with Crippen LogP contribution in [0.1, 0.15) is 39.5 Å². The van der Waals surface area contributed by atoms with Crippen molar-refractivity contribution in [3.05, 3.63) is 0 Å². The van der Waals surface area contributed by atoms with Gasteiger partial charge in [-0.2, -0.15) is 0 Å². The van der Waals surface area contributed by atoms with Crippen LogP contribution in [-0.4, -0.2) is 55.4 Å². The SMILES string of the molecule is CCC(CC)(CNC(=O)N(C)CCOCC1CC1)C(=O)O. The second-order valence-corrected chi connectivity index (χ2v) is 5.89. The highest BCUT2D eigenvalue weighted by molar-refractivity contribution is 5.78. The van der Waals surface area contributed by atoms with Crippen LogP contribution >= 0.6 is 0 Å². The summed E-state index contributed by atoms with van der Waals surface area (Å²) in [6.45, 7) is 5.63. The standard InChI is InChI=1S/C15H28N2O4/c1-4-15(5-2,13(18)19)11-16-14(20)17(3)8-9-21-10-12-6-7-12/h12H,4-11H2,1-3H3,(H,16,20)(H,18,19). The van der Waals surface area contributed by atoms with Crippen LogP contribution in [0.2, 0.25) is 0 Å². The maximum absolute atomic E-state index is 12.0. The Morgan fingerprint density at radius 3 is 2.43 bits per heavy atom. The van der Waals surface area contributed by atoms with Crippen molar-refractivity contribution in [1.29, 1.82) is 0 Å². The molecule has 122 valence electrons. The number of urea groups is 1. The van der Waals surface area contributed by atoms with E-state index in [-0.39, 0.29) is 12.6 Å². The molecule has 0 aliphatic heterocycles. The lowest BCUT2D eigenvalue weighted by atomic mass is 9.82. The lowest BCUT2D eigenvalue weighted by molar-refractivity contribution is -0.149. The van der Waals surface area contributed by atoms with E-state index in [1.165, 1.54) is 17.7 Å². The third-order valence-electron chi connectivity index (χ3n) is 4.35. The number of hydrogen-bond acceptors (Lipinski definition) is 3. The van der Waals surface area contributed by atoms with Gasteiger partial charge in [-0.05, 0) is 31.6 Å². The van der Waals surface area contributed by atoms with Crippen LogP contribution in [0.15, 0.2) is 0 Å². The number of carboxylic acid groups (broad SMARTS) is 1. The van der Waals surface area contributed by atoms with Crippen molar-refractivity contribution in [3.63, 3.8) is 0 Å². The summed E-state index contributed by atoms with van der Waals surface area (Å²) in [7, 11) is 1.69. The Labute approximate surface area is 126 Å². The van der Waals surface area contributed by atoms with Crippen LogP contribution in [0.4, 0.5) is 4.79 Å². The van der Waals surface area contributed by atoms with Gasteiger partial charge in [0.2, 0.25) is 0 Å². The fourth-order valence-corrected chi connectivity index (χ4v) is 2.10. The van der Waals surface area contributed by atoms with E-state index >= 15 is 0 Å². The number of amides is 2. The van der Waals surface area contributed by atoms with Crippen LogP contribution in [0.25, 0.3) is 0 Å². The average molecular weight is 300 g/mol. The Morgan fingerprint density at radius 1 is 1.33 bits per heavy atom. The van der Waals surface area contributed by atoms with Gasteiger partial charge in [0.05, 0.1) is 12.0 Å². The van der Waals surface area contributed by atoms with Crippen molar-refractivity contribution in [2.75, 3.05) is 33.4 Å². The predicted octanol–water partition coefficient (Wildman–Crippen LogP) is 1.95. The van der Waals surface area contributed by atoms with Crippen molar-refractivity contribution in [2.45, 2.75) is 39.5 Å². The summed E-state index contributed by atoms with van der Waals surface area (Å²) < 4.78 is 5.49. The molecular formula is C15H28N2O4. The van der Waals surface area contributed by atoms with Gasteiger partial charge in [-0.25, -0.2) is 4.79 Å². The third kappa shape index (κ3) is 5.53. The molecule has 1 saturated carbocycles. The zero-order chi connectivity index (χ0) is 15.9. The van der Waals surface area contributed by atoms with Crippen LogP contribution in [0, 0.1) is 11.3 Å². The van der Waals surface area contributed by atoms with E-state index in [9.17, 15) is 14.7 Å². The summed E-state index contributed by atoms with van der Waals surface area (Å²) in [5.74, 6) is -0.141. The van der Waals surface area contributed by atoms with Crippen LogP contribution in [0.5, 0.6) is 0 Å². The molecule has 0 aromatic rings. The van der Waals surface area contributed by atoms with Crippen molar-refractivity contribution < 1.29 is 19.4 Å². The molecule has 0 radical (unpaired) electrons. The molecule has 1 aliphatic carbocycles. The van der Waals surface area contributed by atoms with Gasteiger partial charge in [-0.15, -0.1) is 0 Å². The number of ether oxygens (including phenoxy) is 1. The summed E-state index contributed by atoms with van der Waals surface area (Å²) in [6.07, 6.45) is 3.49. The quantitative estimate of drug-likeness (QED) is 0.604. The van der Waals surface area contributed by atoms with Gasteiger partial charge in [0.25, 0.3) is 0 Å². The molecule has 21 heavy (non-hydrogen) atoms. The Kier molecular flexibility index (Phi) is 6.95. The largest absolute Gasteiger partial charge is 0.481 e. The Hall–Kier alpha value is -1.30. The fraction of sp³-hybridized carbons (Fsp3) is 0.867. The van der Waals surface area contributed by atoms with E-state index in [1.807, 2.05) is 13.8 Å². The number of carbonyl (C=O) groups excluding carboxylic acids is 1. The van der Waals surface area contributed by atoms with E-state index in [4.69, 9.17) is 4.74 Å². The molecule has 1 rings (SSSR count). The molecule has 0 bridgehead atoms. The monoisotopic (exact) mass is 300 g/mol. The Bertz CT molecular complexity index is 352. The number of nitrogens with zero attached hydrogens (tertiary/aromatic N) is 1. The number of hydrogen-bond donors (Lipinski definition) is 2. The lowest BCUT2D eigenvalue weighted by Gasteiger charge is -2.28.